The Balaban J connectivity index is 1.43. The molecule has 3 atom stereocenters. The molecule has 4 rings (SSSR count). The number of quaternary nitrogens is 1. The SMILES string of the molecule is CCCCC(C#N)CC(C)C(C)C(=O)Nc1ccc2c(c1)c(C1CC[N+](C)(C(=O)C3CCCC3)CC1)cn2C. The number of anilines is 1. The molecule has 1 N–H and O–H groups in total. The Morgan fingerprint density at radius 2 is 1.85 bits per heavy atom. The van der Waals surface area contributed by atoms with Crippen LogP contribution in [0.2, 0.25) is 0 Å². The second kappa shape index (κ2) is 12.7. The van der Waals surface area contributed by atoms with Crippen LogP contribution >= 0.6 is 0 Å². The Kier molecular flexibility index (Phi) is 9.54. The number of fused-ring (bicyclic) bond motifs is 1. The van der Waals surface area contributed by atoms with Crippen LogP contribution in [0.5, 0.6) is 0 Å². The van der Waals surface area contributed by atoms with Gasteiger partial charge in [-0.3, -0.25) is 9.28 Å². The minimum absolute atomic E-state index is 0.0164. The number of aryl methyl sites for hydroxylation is 1. The van der Waals surface area contributed by atoms with E-state index in [-0.39, 0.29) is 29.6 Å². The number of likely N-dealkylation sites (tertiary alicyclic amines) is 1. The molecule has 2 fully saturated rings. The van der Waals surface area contributed by atoms with Crippen molar-refractivity contribution >= 4 is 28.4 Å². The smallest absolute Gasteiger partial charge is 0.316 e. The monoisotopic (exact) mass is 533 g/mol. The summed E-state index contributed by atoms with van der Waals surface area (Å²) in [5, 5.41) is 13.9. The number of carbonyl (C=O) groups is 2. The van der Waals surface area contributed by atoms with E-state index in [2.05, 4.69) is 62.2 Å². The van der Waals surface area contributed by atoms with Gasteiger partial charge in [0.15, 0.2) is 0 Å². The number of benzene rings is 1. The van der Waals surface area contributed by atoms with Gasteiger partial charge in [-0.15, -0.1) is 0 Å². The minimum Gasteiger partial charge on any atom is -0.350 e. The zero-order valence-corrected chi connectivity index (χ0v) is 24.8. The third kappa shape index (κ3) is 6.57. The number of rotatable bonds is 10. The zero-order valence-electron chi connectivity index (χ0n) is 24.8. The zero-order chi connectivity index (χ0) is 28.2. The molecule has 2 aromatic rings. The molecular formula is C33H49N4O2+. The van der Waals surface area contributed by atoms with Crippen molar-refractivity contribution in [1.29, 1.82) is 5.26 Å². The van der Waals surface area contributed by atoms with Crippen LogP contribution in [-0.2, 0) is 16.6 Å². The predicted molar refractivity (Wildman–Crippen MR) is 158 cm³/mol. The lowest BCUT2D eigenvalue weighted by Crippen LogP contribution is -2.55. The summed E-state index contributed by atoms with van der Waals surface area (Å²) in [6, 6.07) is 8.67. The Morgan fingerprint density at radius 3 is 2.49 bits per heavy atom. The van der Waals surface area contributed by atoms with Crippen LogP contribution in [-0.4, -0.2) is 41.0 Å². The van der Waals surface area contributed by atoms with E-state index in [1.807, 2.05) is 13.0 Å². The highest BCUT2D eigenvalue weighted by molar-refractivity contribution is 5.96. The van der Waals surface area contributed by atoms with Crippen molar-refractivity contribution in [1.82, 2.24) is 4.57 Å². The molecular weight excluding hydrogens is 484 g/mol. The summed E-state index contributed by atoms with van der Waals surface area (Å²) >= 11 is 0. The highest BCUT2D eigenvalue weighted by Crippen LogP contribution is 2.39. The molecule has 6 heteroatoms. The molecule has 1 aliphatic carbocycles. The summed E-state index contributed by atoms with van der Waals surface area (Å²) in [6.07, 6.45) is 12.6. The molecule has 2 aliphatic rings. The van der Waals surface area contributed by atoms with Crippen molar-refractivity contribution in [3.05, 3.63) is 30.0 Å². The van der Waals surface area contributed by atoms with Crippen molar-refractivity contribution in [3.8, 4) is 6.07 Å². The van der Waals surface area contributed by atoms with E-state index in [1.165, 1.54) is 29.3 Å². The first-order chi connectivity index (χ1) is 18.7. The molecule has 39 heavy (non-hydrogen) atoms. The lowest BCUT2D eigenvalue weighted by Gasteiger charge is -2.39. The maximum absolute atomic E-state index is 13.3. The molecule has 1 aromatic carbocycles. The number of nitrogens with one attached hydrogen (secondary N) is 1. The highest BCUT2D eigenvalue weighted by atomic mass is 16.2. The number of carbonyl (C=O) groups excluding carboxylic acids is 2. The number of amides is 2. The number of nitriles is 1. The van der Waals surface area contributed by atoms with E-state index in [1.54, 1.807) is 0 Å². The van der Waals surface area contributed by atoms with Gasteiger partial charge >= 0.3 is 5.91 Å². The van der Waals surface area contributed by atoms with Gasteiger partial charge in [-0.25, -0.2) is 4.79 Å². The summed E-state index contributed by atoms with van der Waals surface area (Å²) in [6.45, 7) is 8.02. The normalized spacial score (nSPS) is 24.3. The van der Waals surface area contributed by atoms with Crippen LogP contribution in [0.1, 0.15) is 96.5 Å². The molecule has 0 spiro atoms. The Morgan fingerprint density at radius 1 is 1.15 bits per heavy atom. The van der Waals surface area contributed by atoms with Gasteiger partial charge in [0.1, 0.15) is 0 Å². The average molecular weight is 534 g/mol. The minimum atomic E-state index is -0.167. The number of nitrogens with zero attached hydrogens (tertiary/aromatic N) is 3. The van der Waals surface area contributed by atoms with Gasteiger partial charge in [0.2, 0.25) is 5.91 Å². The fourth-order valence-corrected chi connectivity index (χ4v) is 6.96. The third-order valence-electron chi connectivity index (χ3n) is 9.92. The maximum Gasteiger partial charge on any atom is 0.316 e. The van der Waals surface area contributed by atoms with E-state index in [0.717, 1.165) is 70.1 Å². The van der Waals surface area contributed by atoms with Crippen LogP contribution < -0.4 is 5.32 Å². The van der Waals surface area contributed by atoms with Gasteiger partial charge in [-0.2, -0.15) is 5.26 Å². The third-order valence-corrected chi connectivity index (χ3v) is 9.92. The maximum atomic E-state index is 13.3. The fraction of sp³-hybridized carbons (Fsp3) is 0.667. The average Bonchev–Trinajstić information content (AvgIpc) is 3.59. The molecule has 212 valence electrons. The Labute approximate surface area is 235 Å². The molecule has 1 saturated heterocycles. The van der Waals surface area contributed by atoms with Crippen LogP contribution in [0.4, 0.5) is 5.69 Å². The number of hydrogen-bond donors (Lipinski definition) is 1. The van der Waals surface area contributed by atoms with Gasteiger partial charge < -0.3 is 9.88 Å². The molecule has 1 aliphatic heterocycles. The Bertz CT molecular complexity index is 1190. The number of piperidine rings is 1. The van der Waals surface area contributed by atoms with Gasteiger partial charge in [0, 0.05) is 54.5 Å². The molecule has 1 saturated carbocycles. The van der Waals surface area contributed by atoms with Gasteiger partial charge in [-0.1, -0.05) is 46.5 Å². The molecule has 3 unspecified atom stereocenters. The lowest BCUT2D eigenvalue weighted by molar-refractivity contribution is -0.842. The molecule has 2 amide bonds. The largest absolute Gasteiger partial charge is 0.350 e. The number of hydrogen-bond acceptors (Lipinski definition) is 3. The highest BCUT2D eigenvalue weighted by Gasteiger charge is 2.42. The van der Waals surface area contributed by atoms with E-state index in [4.69, 9.17) is 0 Å². The van der Waals surface area contributed by atoms with E-state index < -0.39 is 0 Å². The molecule has 0 radical (unpaired) electrons. The summed E-state index contributed by atoms with van der Waals surface area (Å²) in [7, 11) is 4.24. The van der Waals surface area contributed by atoms with Crippen molar-refractivity contribution in [3.63, 3.8) is 0 Å². The Hall–Kier alpha value is -2.65. The van der Waals surface area contributed by atoms with Gasteiger partial charge in [0.05, 0.1) is 32.1 Å². The van der Waals surface area contributed by atoms with Crippen LogP contribution in [0.15, 0.2) is 24.4 Å². The summed E-state index contributed by atoms with van der Waals surface area (Å²) in [4.78, 5) is 26.4. The van der Waals surface area contributed by atoms with Gasteiger partial charge in [0.25, 0.3) is 0 Å². The topological polar surface area (TPSA) is 74.9 Å². The molecule has 0 bridgehead atoms. The number of unbranched alkanes of at least 4 members (excludes halogenated alkanes) is 1. The second-order valence-electron chi connectivity index (χ2n) is 12.8. The first-order valence-electron chi connectivity index (χ1n) is 15.3. The van der Waals surface area contributed by atoms with Crippen molar-refractivity contribution < 1.29 is 14.1 Å². The van der Waals surface area contributed by atoms with E-state index in [0.29, 0.717) is 16.3 Å². The molecule has 2 heterocycles. The second-order valence-corrected chi connectivity index (χ2v) is 12.8. The fourth-order valence-electron chi connectivity index (χ4n) is 6.96. The van der Waals surface area contributed by atoms with Crippen molar-refractivity contribution in [2.45, 2.75) is 90.9 Å². The lowest BCUT2D eigenvalue weighted by atomic mass is 9.85. The summed E-state index contributed by atoms with van der Waals surface area (Å²) < 4.78 is 2.78. The summed E-state index contributed by atoms with van der Waals surface area (Å²) in [5.41, 5.74) is 3.33. The number of aromatic nitrogens is 1. The molecule has 6 nitrogen and oxygen atoms in total. The van der Waals surface area contributed by atoms with Crippen molar-refractivity contribution in [2.75, 3.05) is 25.5 Å². The first-order valence-corrected chi connectivity index (χ1v) is 15.3. The molecule has 1 aromatic heterocycles. The van der Waals surface area contributed by atoms with E-state index >= 15 is 0 Å². The van der Waals surface area contributed by atoms with Crippen LogP contribution in [0, 0.1) is 35.0 Å². The quantitative estimate of drug-likeness (QED) is 0.330. The summed E-state index contributed by atoms with van der Waals surface area (Å²) in [5.74, 6) is 1.16. The van der Waals surface area contributed by atoms with Crippen molar-refractivity contribution in [2.24, 2.45) is 30.7 Å². The standard InChI is InChI=1S/C33H48N4O2/c1-6-7-10-25(21-34)19-23(2)24(3)32(38)35-28-13-14-31-29(20-28)30(22-36(31)4)26-15-17-37(5,18-16-26)33(39)27-11-8-9-12-27/h13-14,20,22-27H,6-12,15-19H2,1-5H3/p+1. The van der Waals surface area contributed by atoms with Crippen LogP contribution in [0.3, 0.4) is 0 Å². The van der Waals surface area contributed by atoms with Gasteiger partial charge in [-0.05, 0) is 61.3 Å². The predicted octanol–water partition coefficient (Wildman–Crippen LogP) is 7.15. The first kappa shape index (κ1) is 29.3. The van der Waals surface area contributed by atoms with E-state index in [9.17, 15) is 14.9 Å². The van der Waals surface area contributed by atoms with Crippen LogP contribution in [0.25, 0.3) is 10.9 Å².